The number of hydrogen-bond acceptors (Lipinski definition) is 5. The van der Waals surface area contributed by atoms with Crippen LogP contribution in [0, 0.1) is 0 Å². The molecule has 0 aliphatic heterocycles. The van der Waals surface area contributed by atoms with Crippen molar-refractivity contribution in [3.63, 3.8) is 0 Å². The number of amides is 2. The van der Waals surface area contributed by atoms with Crippen LogP contribution in [0.5, 0.6) is 0 Å². The fourth-order valence-corrected chi connectivity index (χ4v) is 7.25. The lowest BCUT2D eigenvalue weighted by Crippen LogP contribution is -2.46. The van der Waals surface area contributed by atoms with Crippen molar-refractivity contribution in [2.75, 3.05) is 11.5 Å². The van der Waals surface area contributed by atoms with Crippen molar-refractivity contribution in [3.8, 4) is 16.9 Å². The summed E-state index contributed by atoms with van der Waals surface area (Å²) in [5.41, 5.74) is 7.26. The Morgan fingerprint density at radius 2 is 1.54 bits per heavy atom. The van der Waals surface area contributed by atoms with Crippen LogP contribution in [0.4, 0.5) is 5.69 Å². The van der Waals surface area contributed by atoms with E-state index in [9.17, 15) is 9.59 Å². The summed E-state index contributed by atoms with van der Waals surface area (Å²) in [6.07, 6.45) is 7.04. The van der Waals surface area contributed by atoms with Gasteiger partial charge < -0.3 is 10.1 Å². The van der Waals surface area contributed by atoms with Crippen LogP contribution in [-0.2, 0) is 33.6 Å². The van der Waals surface area contributed by atoms with Crippen LogP contribution < -0.4 is 10.2 Å². The maximum Gasteiger partial charge on any atom is 0.310 e. The van der Waals surface area contributed by atoms with Gasteiger partial charge >= 0.3 is 5.97 Å². The van der Waals surface area contributed by atoms with Crippen LogP contribution in [0.2, 0.25) is 0 Å². The van der Waals surface area contributed by atoms with E-state index in [-0.39, 0.29) is 35.9 Å². The highest BCUT2D eigenvalue weighted by Crippen LogP contribution is 2.35. The molecule has 7 rings (SSSR count). The van der Waals surface area contributed by atoms with Crippen LogP contribution >= 0.6 is 0 Å². The van der Waals surface area contributed by atoms with Crippen LogP contribution in [-0.4, -0.2) is 40.2 Å². The lowest BCUT2D eigenvalue weighted by atomic mass is 9.98. The predicted octanol–water partition coefficient (Wildman–Crippen LogP) is 7.58. The SMILES string of the molecule is CCOC(=O)Cc1ccc(C(C(=O)NC2CCCC2)N(C(=O)c2cc(-c3ccccc3)n(-c3ccccc3)n2)c2ccc3c(c2)CCC3)cc1. The smallest absolute Gasteiger partial charge is 0.310 e. The molecule has 1 saturated carbocycles. The largest absolute Gasteiger partial charge is 0.466 e. The number of nitrogens with one attached hydrogen (secondary N) is 1. The van der Waals surface area contributed by atoms with Crippen LogP contribution in [0.1, 0.15) is 77.8 Å². The van der Waals surface area contributed by atoms with Crippen molar-refractivity contribution in [1.82, 2.24) is 15.1 Å². The monoisotopic (exact) mass is 666 g/mol. The standard InChI is InChI=1S/C42H42N4O4/c1-2-50-39(47)26-29-20-22-32(23-21-29)40(41(48)43-34-16-9-10-17-34)45(36-25-24-30-14-11-15-33(30)27-36)42(49)37-28-38(31-12-5-3-6-13-31)46(44-37)35-18-7-4-8-19-35/h3-8,12-13,18-25,27-28,34,40H,2,9-11,14-17,26H2,1H3,(H,43,48). The lowest BCUT2D eigenvalue weighted by molar-refractivity contribution is -0.142. The van der Waals surface area contributed by atoms with Crippen molar-refractivity contribution < 1.29 is 19.1 Å². The highest BCUT2D eigenvalue weighted by molar-refractivity contribution is 6.09. The summed E-state index contributed by atoms with van der Waals surface area (Å²) >= 11 is 0. The molecule has 8 heteroatoms. The number of anilines is 1. The van der Waals surface area contributed by atoms with Gasteiger partial charge in [-0.15, -0.1) is 0 Å². The quantitative estimate of drug-likeness (QED) is 0.147. The maximum atomic E-state index is 15.1. The number of aryl methyl sites for hydroxylation is 2. The summed E-state index contributed by atoms with van der Waals surface area (Å²) in [5, 5.41) is 8.21. The van der Waals surface area contributed by atoms with E-state index >= 15 is 4.79 Å². The molecule has 4 aromatic carbocycles. The summed E-state index contributed by atoms with van der Waals surface area (Å²) in [6.45, 7) is 2.09. The normalized spacial score (nSPS) is 14.6. The second-order valence-corrected chi connectivity index (χ2v) is 13.1. The molecule has 8 nitrogen and oxygen atoms in total. The second-order valence-electron chi connectivity index (χ2n) is 13.1. The molecule has 0 spiro atoms. The third-order valence-electron chi connectivity index (χ3n) is 9.74. The Morgan fingerprint density at radius 1 is 0.840 bits per heavy atom. The third kappa shape index (κ3) is 7.10. The van der Waals surface area contributed by atoms with E-state index in [1.165, 1.54) is 11.1 Å². The van der Waals surface area contributed by atoms with E-state index in [4.69, 9.17) is 9.84 Å². The molecular formula is C42H42N4O4. The highest BCUT2D eigenvalue weighted by Gasteiger charge is 2.37. The van der Waals surface area contributed by atoms with E-state index in [2.05, 4.69) is 17.4 Å². The van der Waals surface area contributed by atoms with E-state index in [0.717, 1.165) is 67.5 Å². The average Bonchev–Trinajstić information content (AvgIpc) is 3.93. The van der Waals surface area contributed by atoms with Gasteiger partial charge in [0.15, 0.2) is 5.69 Å². The fourth-order valence-electron chi connectivity index (χ4n) is 7.25. The first-order valence-corrected chi connectivity index (χ1v) is 17.7. The molecule has 50 heavy (non-hydrogen) atoms. The van der Waals surface area contributed by atoms with Gasteiger partial charge in [-0.3, -0.25) is 19.3 Å². The Balaban J connectivity index is 1.35. The Hall–Kier alpha value is -5.50. The van der Waals surface area contributed by atoms with Crippen molar-refractivity contribution in [3.05, 3.63) is 137 Å². The fraction of sp³-hybridized carbons (Fsp3) is 0.286. The number of para-hydroxylation sites is 1. The molecule has 0 saturated heterocycles. The van der Waals surface area contributed by atoms with Gasteiger partial charge in [0.1, 0.15) is 6.04 Å². The molecule has 1 unspecified atom stereocenters. The summed E-state index contributed by atoms with van der Waals surface area (Å²) < 4.78 is 6.95. The van der Waals surface area contributed by atoms with Crippen molar-refractivity contribution in [2.24, 2.45) is 0 Å². The van der Waals surface area contributed by atoms with Crippen molar-refractivity contribution in [1.29, 1.82) is 0 Å². The van der Waals surface area contributed by atoms with Gasteiger partial charge in [-0.2, -0.15) is 5.10 Å². The first kappa shape index (κ1) is 33.0. The third-order valence-corrected chi connectivity index (χ3v) is 9.74. The van der Waals surface area contributed by atoms with Gasteiger partial charge in [0, 0.05) is 17.3 Å². The molecule has 1 fully saturated rings. The first-order valence-electron chi connectivity index (χ1n) is 17.7. The zero-order chi connectivity index (χ0) is 34.5. The Bertz CT molecular complexity index is 1910. The lowest BCUT2D eigenvalue weighted by Gasteiger charge is -2.32. The molecule has 5 aromatic rings. The minimum Gasteiger partial charge on any atom is -0.466 e. The van der Waals surface area contributed by atoms with Gasteiger partial charge in [-0.1, -0.05) is 91.7 Å². The first-order chi connectivity index (χ1) is 24.5. The van der Waals surface area contributed by atoms with Gasteiger partial charge in [-0.25, -0.2) is 4.68 Å². The van der Waals surface area contributed by atoms with Gasteiger partial charge in [-0.05, 0) is 91.6 Å². The zero-order valence-corrected chi connectivity index (χ0v) is 28.4. The summed E-state index contributed by atoms with van der Waals surface area (Å²) in [7, 11) is 0. The van der Waals surface area contributed by atoms with Crippen LogP contribution in [0.3, 0.4) is 0 Å². The van der Waals surface area contributed by atoms with Gasteiger partial charge in [0.25, 0.3) is 5.91 Å². The Morgan fingerprint density at radius 3 is 2.26 bits per heavy atom. The predicted molar refractivity (Wildman–Crippen MR) is 194 cm³/mol. The van der Waals surface area contributed by atoms with Gasteiger partial charge in [0.05, 0.1) is 24.4 Å². The number of hydrogen-bond donors (Lipinski definition) is 1. The molecule has 254 valence electrons. The number of esters is 1. The number of benzene rings is 4. The number of aromatic nitrogens is 2. The van der Waals surface area contributed by atoms with Crippen LogP contribution in [0.25, 0.3) is 16.9 Å². The molecule has 1 N–H and O–H groups in total. The molecule has 1 aromatic heterocycles. The number of nitrogens with zero attached hydrogens (tertiary/aromatic N) is 3. The minimum absolute atomic E-state index is 0.0482. The average molecular weight is 667 g/mol. The Kier molecular flexibility index (Phi) is 9.87. The van der Waals surface area contributed by atoms with E-state index < -0.39 is 6.04 Å². The summed E-state index contributed by atoms with van der Waals surface area (Å²) in [5.74, 6) is -0.930. The number of ether oxygens (including phenoxy) is 1. The van der Waals surface area contributed by atoms with Crippen molar-refractivity contribution >= 4 is 23.5 Å². The topological polar surface area (TPSA) is 93.5 Å². The number of rotatable bonds is 11. The van der Waals surface area contributed by atoms with E-state index in [0.29, 0.717) is 17.9 Å². The second kappa shape index (κ2) is 14.9. The molecule has 1 heterocycles. The minimum atomic E-state index is -0.985. The van der Waals surface area contributed by atoms with E-state index in [1.807, 2.05) is 97.1 Å². The zero-order valence-electron chi connectivity index (χ0n) is 28.4. The van der Waals surface area contributed by atoms with Crippen LogP contribution in [0.15, 0.2) is 109 Å². The molecule has 0 bridgehead atoms. The number of fused-ring (bicyclic) bond motifs is 1. The summed E-state index contributed by atoms with van der Waals surface area (Å²) in [6, 6.07) is 34.0. The van der Waals surface area contributed by atoms with Crippen molar-refractivity contribution in [2.45, 2.75) is 70.4 Å². The highest BCUT2D eigenvalue weighted by atomic mass is 16.5. The molecule has 2 aliphatic rings. The maximum absolute atomic E-state index is 15.1. The molecule has 2 aliphatic carbocycles. The molecular weight excluding hydrogens is 624 g/mol. The Labute approximate surface area is 293 Å². The van der Waals surface area contributed by atoms with E-state index in [1.54, 1.807) is 16.5 Å². The number of carbonyl (C=O) groups is 3. The molecule has 1 atom stereocenters. The number of carbonyl (C=O) groups excluding carboxylic acids is 3. The van der Waals surface area contributed by atoms with Gasteiger partial charge in [0.2, 0.25) is 5.91 Å². The summed E-state index contributed by atoms with van der Waals surface area (Å²) in [4.78, 5) is 43.5. The molecule has 2 amide bonds. The molecule has 0 radical (unpaired) electrons.